The molecular formula is C11H9ClF2O. The Morgan fingerprint density at radius 3 is 2.27 bits per heavy atom. The zero-order valence-electron chi connectivity index (χ0n) is 8.06. The predicted octanol–water partition coefficient (Wildman–Crippen LogP) is 3.68. The van der Waals surface area contributed by atoms with Gasteiger partial charge in [0.25, 0.3) is 5.92 Å². The molecule has 0 aliphatic heterocycles. The number of rotatable bonds is 2. The van der Waals surface area contributed by atoms with Crippen LogP contribution in [0.15, 0.2) is 29.3 Å². The summed E-state index contributed by atoms with van der Waals surface area (Å²) in [6.07, 6.45) is -0.280. The molecule has 2 rings (SSSR count). The Labute approximate surface area is 91.3 Å². The molecule has 4 heteroatoms. The number of ether oxygens (including phenoxy) is 1. The molecule has 1 aliphatic carbocycles. The van der Waals surface area contributed by atoms with Crippen molar-refractivity contribution in [3.05, 3.63) is 34.9 Å². The third-order valence-corrected chi connectivity index (χ3v) is 2.93. The van der Waals surface area contributed by atoms with Crippen molar-refractivity contribution in [2.75, 3.05) is 7.11 Å². The molecule has 0 aromatic heterocycles. The summed E-state index contributed by atoms with van der Waals surface area (Å²) < 4.78 is 30.6. The summed E-state index contributed by atoms with van der Waals surface area (Å²) >= 11 is 5.51. The molecule has 0 amide bonds. The van der Waals surface area contributed by atoms with Crippen LogP contribution in [-0.4, -0.2) is 13.0 Å². The number of methoxy groups -OCH3 is 1. The second kappa shape index (κ2) is 3.49. The summed E-state index contributed by atoms with van der Waals surface area (Å²) in [6, 6.07) is 6.91. The molecule has 1 aromatic carbocycles. The third kappa shape index (κ3) is 1.72. The first-order valence-corrected chi connectivity index (χ1v) is 4.84. The van der Waals surface area contributed by atoms with Gasteiger partial charge in [0.05, 0.1) is 12.1 Å². The van der Waals surface area contributed by atoms with Crippen molar-refractivity contribution in [2.24, 2.45) is 0 Å². The minimum atomic E-state index is -2.84. The van der Waals surface area contributed by atoms with Crippen LogP contribution < -0.4 is 4.74 Å². The molecule has 1 nitrogen and oxygen atoms in total. The molecule has 0 spiro atoms. The molecule has 0 bridgehead atoms. The average Bonchev–Trinajstić information content (AvgIpc) is 2.26. The standard InChI is InChI=1S/C11H9ClF2O/c1-15-8-4-2-7(3-5-8)9-6-11(13,14)10(9)12/h2-5H,6H2,1H3. The molecule has 0 atom stereocenters. The van der Waals surface area contributed by atoms with Gasteiger partial charge < -0.3 is 4.74 Å². The van der Waals surface area contributed by atoms with Gasteiger partial charge in [-0.05, 0) is 23.3 Å². The number of benzene rings is 1. The summed E-state index contributed by atoms with van der Waals surface area (Å²) in [6.45, 7) is 0. The number of allylic oxidation sites excluding steroid dienone is 2. The Morgan fingerprint density at radius 1 is 1.27 bits per heavy atom. The fourth-order valence-corrected chi connectivity index (χ4v) is 1.76. The highest BCUT2D eigenvalue weighted by molar-refractivity contribution is 6.35. The van der Waals surface area contributed by atoms with Crippen molar-refractivity contribution in [3.63, 3.8) is 0 Å². The first kappa shape index (κ1) is 10.4. The minimum absolute atomic E-state index is 0.280. The van der Waals surface area contributed by atoms with Crippen molar-refractivity contribution in [2.45, 2.75) is 12.3 Å². The number of alkyl halides is 2. The average molecular weight is 231 g/mol. The van der Waals surface area contributed by atoms with Gasteiger partial charge in [0, 0.05) is 6.42 Å². The summed E-state index contributed by atoms with van der Waals surface area (Å²) in [5, 5.41) is -0.340. The normalized spacial score (nSPS) is 18.7. The van der Waals surface area contributed by atoms with Crippen LogP contribution in [0.25, 0.3) is 5.57 Å². The Hall–Kier alpha value is -1.09. The highest BCUT2D eigenvalue weighted by Gasteiger charge is 2.45. The topological polar surface area (TPSA) is 9.23 Å². The SMILES string of the molecule is COc1ccc(C2=C(Cl)C(F)(F)C2)cc1. The van der Waals surface area contributed by atoms with Crippen LogP contribution in [0.2, 0.25) is 0 Å². The lowest BCUT2D eigenvalue weighted by Gasteiger charge is -2.29. The minimum Gasteiger partial charge on any atom is -0.497 e. The van der Waals surface area contributed by atoms with Gasteiger partial charge in [-0.1, -0.05) is 23.7 Å². The zero-order chi connectivity index (χ0) is 11.1. The monoisotopic (exact) mass is 230 g/mol. The highest BCUT2D eigenvalue weighted by Crippen LogP contribution is 2.50. The van der Waals surface area contributed by atoms with Gasteiger partial charge in [-0.3, -0.25) is 0 Å². The van der Waals surface area contributed by atoms with E-state index in [4.69, 9.17) is 16.3 Å². The molecular weight excluding hydrogens is 222 g/mol. The quantitative estimate of drug-likeness (QED) is 0.753. The van der Waals surface area contributed by atoms with Gasteiger partial charge in [-0.25, -0.2) is 0 Å². The van der Waals surface area contributed by atoms with Crippen LogP contribution in [-0.2, 0) is 0 Å². The lowest BCUT2D eigenvalue weighted by Crippen LogP contribution is -2.27. The maximum Gasteiger partial charge on any atom is 0.287 e. The van der Waals surface area contributed by atoms with Crippen LogP contribution in [0.4, 0.5) is 8.78 Å². The maximum atomic E-state index is 12.8. The second-order valence-electron chi connectivity index (χ2n) is 3.40. The van der Waals surface area contributed by atoms with Gasteiger partial charge in [0.2, 0.25) is 0 Å². The van der Waals surface area contributed by atoms with E-state index < -0.39 is 5.92 Å². The van der Waals surface area contributed by atoms with Crippen molar-refractivity contribution >= 4 is 17.2 Å². The molecule has 0 fully saturated rings. The Morgan fingerprint density at radius 2 is 1.87 bits per heavy atom. The molecule has 0 N–H and O–H groups in total. The second-order valence-corrected chi connectivity index (χ2v) is 3.78. The number of hydrogen-bond donors (Lipinski definition) is 0. The van der Waals surface area contributed by atoms with Crippen LogP contribution >= 0.6 is 11.6 Å². The molecule has 0 saturated carbocycles. The van der Waals surface area contributed by atoms with Crippen molar-refractivity contribution in [1.82, 2.24) is 0 Å². The molecule has 1 aromatic rings. The zero-order valence-corrected chi connectivity index (χ0v) is 8.81. The van der Waals surface area contributed by atoms with E-state index in [-0.39, 0.29) is 11.5 Å². The van der Waals surface area contributed by atoms with Crippen molar-refractivity contribution in [3.8, 4) is 5.75 Å². The van der Waals surface area contributed by atoms with E-state index in [9.17, 15) is 8.78 Å². The van der Waals surface area contributed by atoms with Gasteiger partial charge in [0.15, 0.2) is 0 Å². The van der Waals surface area contributed by atoms with Crippen molar-refractivity contribution < 1.29 is 13.5 Å². The van der Waals surface area contributed by atoms with Gasteiger partial charge in [-0.15, -0.1) is 0 Å². The maximum absolute atomic E-state index is 12.8. The van der Waals surface area contributed by atoms with E-state index in [1.165, 1.54) is 0 Å². The van der Waals surface area contributed by atoms with Crippen LogP contribution in [0.3, 0.4) is 0 Å². The van der Waals surface area contributed by atoms with E-state index in [2.05, 4.69) is 0 Å². The molecule has 80 valence electrons. The summed E-state index contributed by atoms with van der Waals surface area (Å²) in [5.41, 5.74) is 1.25. The van der Waals surface area contributed by atoms with Gasteiger partial charge in [-0.2, -0.15) is 8.78 Å². The lowest BCUT2D eigenvalue weighted by atomic mass is 9.88. The lowest BCUT2D eigenvalue weighted by molar-refractivity contribution is 0.0401. The van der Waals surface area contributed by atoms with Gasteiger partial charge in [0.1, 0.15) is 5.75 Å². The largest absolute Gasteiger partial charge is 0.497 e. The fraction of sp³-hybridized carbons (Fsp3) is 0.273. The number of halogens is 3. The fourth-order valence-electron chi connectivity index (χ4n) is 1.51. The van der Waals surface area contributed by atoms with E-state index >= 15 is 0 Å². The molecule has 0 unspecified atom stereocenters. The number of hydrogen-bond acceptors (Lipinski definition) is 1. The molecule has 1 aliphatic rings. The predicted molar refractivity (Wildman–Crippen MR) is 55.3 cm³/mol. The summed E-state index contributed by atoms with van der Waals surface area (Å²) in [7, 11) is 1.55. The van der Waals surface area contributed by atoms with Gasteiger partial charge >= 0.3 is 0 Å². The molecule has 15 heavy (non-hydrogen) atoms. The highest BCUT2D eigenvalue weighted by atomic mass is 35.5. The molecule has 0 radical (unpaired) electrons. The smallest absolute Gasteiger partial charge is 0.287 e. The van der Waals surface area contributed by atoms with Crippen LogP contribution in [0.5, 0.6) is 5.75 Å². The first-order chi connectivity index (χ1) is 7.04. The summed E-state index contributed by atoms with van der Waals surface area (Å²) in [4.78, 5) is 0. The van der Waals surface area contributed by atoms with E-state index in [0.717, 1.165) is 5.56 Å². The third-order valence-electron chi connectivity index (χ3n) is 2.42. The van der Waals surface area contributed by atoms with E-state index in [1.807, 2.05) is 0 Å². The Balaban J connectivity index is 2.29. The molecule has 0 heterocycles. The van der Waals surface area contributed by atoms with E-state index in [1.54, 1.807) is 31.4 Å². The van der Waals surface area contributed by atoms with Crippen LogP contribution in [0, 0.1) is 0 Å². The first-order valence-electron chi connectivity index (χ1n) is 4.46. The molecule has 0 saturated heterocycles. The van der Waals surface area contributed by atoms with E-state index in [0.29, 0.717) is 11.3 Å². The van der Waals surface area contributed by atoms with Crippen molar-refractivity contribution in [1.29, 1.82) is 0 Å². The Kier molecular flexibility index (Phi) is 2.43. The van der Waals surface area contributed by atoms with Crippen LogP contribution in [0.1, 0.15) is 12.0 Å². The summed E-state index contributed by atoms with van der Waals surface area (Å²) in [5.74, 6) is -2.14. The Bertz CT molecular complexity index is 409.